The van der Waals surface area contributed by atoms with Crippen molar-refractivity contribution < 1.29 is 5.11 Å². The summed E-state index contributed by atoms with van der Waals surface area (Å²) >= 11 is 0. The fraction of sp³-hybridized carbons (Fsp3) is 0.643. The first-order valence-corrected chi connectivity index (χ1v) is 6.01. The van der Waals surface area contributed by atoms with E-state index < -0.39 is 5.60 Å². The molecule has 0 unspecified atom stereocenters. The van der Waals surface area contributed by atoms with Crippen molar-refractivity contribution in [3.63, 3.8) is 0 Å². The molecule has 1 aromatic heterocycles. The zero-order valence-corrected chi connectivity index (χ0v) is 10.6. The van der Waals surface area contributed by atoms with Crippen LogP contribution in [0.1, 0.15) is 51.8 Å². The third-order valence-corrected chi connectivity index (χ3v) is 3.49. The molecular weight excluding hydrogens is 198 g/mol. The van der Waals surface area contributed by atoms with E-state index in [9.17, 15) is 5.11 Å². The lowest BCUT2D eigenvalue weighted by Gasteiger charge is -2.26. The lowest BCUT2D eigenvalue weighted by Crippen LogP contribution is -2.25. The van der Waals surface area contributed by atoms with Crippen LogP contribution in [-0.2, 0) is 11.0 Å². The van der Waals surface area contributed by atoms with E-state index in [0.717, 1.165) is 24.1 Å². The maximum atomic E-state index is 10.5. The van der Waals surface area contributed by atoms with Crippen LogP contribution in [0, 0.1) is 5.92 Å². The van der Waals surface area contributed by atoms with Gasteiger partial charge in [0.2, 0.25) is 0 Å². The first-order valence-electron chi connectivity index (χ1n) is 6.01. The molecule has 0 aliphatic heterocycles. The molecule has 0 amide bonds. The van der Waals surface area contributed by atoms with Crippen LogP contribution < -0.4 is 0 Å². The van der Waals surface area contributed by atoms with E-state index in [4.69, 9.17) is 0 Å². The van der Waals surface area contributed by atoms with E-state index >= 15 is 0 Å². The quantitative estimate of drug-likeness (QED) is 0.829. The summed E-state index contributed by atoms with van der Waals surface area (Å²) in [5, 5.41) is 10.5. The van der Waals surface area contributed by atoms with Crippen molar-refractivity contribution >= 4 is 0 Å². The summed E-state index contributed by atoms with van der Waals surface area (Å²) in [6.45, 7) is 8.35. The highest BCUT2D eigenvalue weighted by atomic mass is 16.3. The minimum atomic E-state index is -0.678. The Morgan fingerprint density at radius 3 is 2.38 bits per heavy atom. The standard InChI is InChI=1S/C14H21NO/c1-13(2,3)12-9-11(7-8-15-12)14(4,16)10-5-6-10/h7-10,16H,5-6H2,1-4H3/t14-/m0/s1. The third kappa shape index (κ3) is 2.12. The second-order valence-corrected chi connectivity index (χ2v) is 6.10. The number of hydrogen-bond donors (Lipinski definition) is 1. The summed E-state index contributed by atoms with van der Waals surface area (Å²) in [6.07, 6.45) is 4.09. The second kappa shape index (κ2) is 3.56. The number of aromatic nitrogens is 1. The number of hydrogen-bond acceptors (Lipinski definition) is 2. The number of rotatable bonds is 2. The molecule has 2 heteroatoms. The molecule has 1 heterocycles. The summed E-state index contributed by atoms with van der Waals surface area (Å²) in [5.74, 6) is 0.433. The average Bonchev–Trinajstić information content (AvgIpc) is 3.00. The highest BCUT2D eigenvalue weighted by Crippen LogP contribution is 2.45. The Morgan fingerprint density at radius 1 is 1.25 bits per heavy atom. The summed E-state index contributed by atoms with van der Waals surface area (Å²) in [5.41, 5.74) is 1.42. The predicted octanol–water partition coefficient (Wildman–Crippen LogP) is 3.00. The van der Waals surface area contributed by atoms with Crippen molar-refractivity contribution in [3.05, 3.63) is 29.6 Å². The van der Waals surface area contributed by atoms with Crippen LogP contribution in [0.15, 0.2) is 18.3 Å². The van der Waals surface area contributed by atoms with Gasteiger partial charge in [-0.05, 0) is 43.4 Å². The molecule has 1 aliphatic rings. The van der Waals surface area contributed by atoms with E-state index in [1.165, 1.54) is 0 Å². The molecule has 0 spiro atoms. The zero-order chi connectivity index (χ0) is 12.0. The van der Waals surface area contributed by atoms with Gasteiger partial charge in [-0.2, -0.15) is 0 Å². The number of aliphatic hydroxyl groups is 1. The summed E-state index contributed by atoms with van der Waals surface area (Å²) < 4.78 is 0. The van der Waals surface area contributed by atoms with E-state index in [0.29, 0.717) is 5.92 Å². The molecule has 0 bridgehead atoms. The first kappa shape index (κ1) is 11.6. The minimum Gasteiger partial charge on any atom is -0.385 e. The third-order valence-electron chi connectivity index (χ3n) is 3.49. The Bertz CT molecular complexity index is 386. The molecular formula is C14H21NO. The van der Waals surface area contributed by atoms with Crippen LogP contribution in [0.2, 0.25) is 0 Å². The molecule has 1 fully saturated rings. The Hall–Kier alpha value is -0.890. The molecule has 1 atom stereocenters. The van der Waals surface area contributed by atoms with Gasteiger partial charge < -0.3 is 5.11 Å². The molecule has 88 valence electrons. The lowest BCUT2D eigenvalue weighted by molar-refractivity contribution is 0.0328. The van der Waals surface area contributed by atoms with E-state index in [-0.39, 0.29) is 5.41 Å². The molecule has 1 N–H and O–H groups in total. The molecule has 0 aromatic carbocycles. The molecule has 1 saturated carbocycles. The molecule has 2 nitrogen and oxygen atoms in total. The second-order valence-electron chi connectivity index (χ2n) is 6.10. The average molecular weight is 219 g/mol. The van der Waals surface area contributed by atoms with Gasteiger partial charge in [0.1, 0.15) is 0 Å². The van der Waals surface area contributed by atoms with Crippen LogP contribution in [0.3, 0.4) is 0 Å². The molecule has 1 aliphatic carbocycles. The van der Waals surface area contributed by atoms with Crippen molar-refractivity contribution in [1.82, 2.24) is 4.98 Å². The van der Waals surface area contributed by atoms with E-state index in [1.54, 1.807) is 0 Å². The monoisotopic (exact) mass is 219 g/mol. The van der Waals surface area contributed by atoms with Gasteiger partial charge in [0.15, 0.2) is 0 Å². The zero-order valence-electron chi connectivity index (χ0n) is 10.6. The normalized spacial score (nSPS) is 20.6. The summed E-state index contributed by atoms with van der Waals surface area (Å²) in [7, 11) is 0. The minimum absolute atomic E-state index is 0.0373. The van der Waals surface area contributed by atoms with Gasteiger partial charge >= 0.3 is 0 Å². The van der Waals surface area contributed by atoms with Crippen LogP contribution in [-0.4, -0.2) is 10.1 Å². The highest BCUT2D eigenvalue weighted by Gasteiger charge is 2.41. The number of nitrogens with zero attached hydrogens (tertiary/aromatic N) is 1. The predicted molar refractivity (Wildman–Crippen MR) is 65.2 cm³/mol. The number of pyridine rings is 1. The fourth-order valence-electron chi connectivity index (χ4n) is 2.04. The Labute approximate surface area is 97.7 Å². The van der Waals surface area contributed by atoms with Gasteiger partial charge in [-0.3, -0.25) is 4.98 Å². The maximum absolute atomic E-state index is 10.5. The summed E-state index contributed by atoms with van der Waals surface area (Å²) in [4.78, 5) is 4.39. The van der Waals surface area contributed by atoms with E-state index in [1.807, 2.05) is 19.2 Å². The van der Waals surface area contributed by atoms with Crippen LogP contribution in [0.5, 0.6) is 0 Å². The molecule has 0 saturated heterocycles. The molecule has 0 radical (unpaired) electrons. The first-order chi connectivity index (χ1) is 7.32. The lowest BCUT2D eigenvalue weighted by atomic mass is 9.86. The van der Waals surface area contributed by atoms with E-state index in [2.05, 4.69) is 31.8 Å². The van der Waals surface area contributed by atoms with Gasteiger partial charge in [0, 0.05) is 17.3 Å². The SMILES string of the molecule is CC(C)(C)c1cc([C@@](C)(O)C2CC2)ccn1. The van der Waals surface area contributed by atoms with Gasteiger partial charge in [-0.25, -0.2) is 0 Å². The Balaban J connectivity index is 2.35. The van der Waals surface area contributed by atoms with Crippen molar-refractivity contribution in [2.75, 3.05) is 0 Å². The van der Waals surface area contributed by atoms with Crippen molar-refractivity contribution in [1.29, 1.82) is 0 Å². The van der Waals surface area contributed by atoms with Crippen molar-refractivity contribution in [2.45, 2.75) is 51.6 Å². The van der Waals surface area contributed by atoms with Crippen LogP contribution in [0.4, 0.5) is 0 Å². The topological polar surface area (TPSA) is 33.1 Å². The maximum Gasteiger partial charge on any atom is 0.0897 e. The smallest absolute Gasteiger partial charge is 0.0897 e. The molecule has 2 rings (SSSR count). The van der Waals surface area contributed by atoms with Crippen LogP contribution in [0.25, 0.3) is 0 Å². The van der Waals surface area contributed by atoms with Crippen molar-refractivity contribution in [2.24, 2.45) is 5.92 Å². The Kier molecular flexibility index (Phi) is 2.58. The van der Waals surface area contributed by atoms with Gasteiger partial charge in [0.05, 0.1) is 5.60 Å². The molecule has 16 heavy (non-hydrogen) atoms. The fourth-order valence-corrected chi connectivity index (χ4v) is 2.04. The van der Waals surface area contributed by atoms with Crippen LogP contribution >= 0.6 is 0 Å². The highest BCUT2D eigenvalue weighted by molar-refractivity contribution is 5.27. The summed E-state index contributed by atoms with van der Waals surface area (Å²) in [6, 6.07) is 3.99. The Morgan fingerprint density at radius 2 is 1.88 bits per heavy atom. The van der Waals surface area contributed by atoms with Gasteiger partial charge in [-0.1, -0.05) is 20.8 Å². The largest absolute Gasteiger partial charge is 0.385 e. The van der Waals surface area contributed by atoms with Crippen molar-refractivity contribution in [3.8, 4) is 0 Å². The molecule has 1 aromatic rings. The van der Waals surface area contributed by atoms with Gasteiger partial charge in [-0.15, -0.1) is 0 Å². The van der Waals surface area contributed by atoms with Gasteiger partial charge in [0.25, 0.3) is 0 Å².